The second-order valence-corrected chi connectivity index (χ2v) is 5.96. The predicted octanol–water partition coefficient (Wildman–Crippen LogP) is 2.76. The fraction of sp³-hybridized carbons (Fsp3) is 0.562. The van der Waals surface area contributed by atoms with Gasteiger partial charge in [-0.05, 0) is 45.2 Å². The summed E-state index contributed by atoms with van der Waals surface area (Å²) < 4.78 is 5.73. The molecular weight excluding hydrogens is 254 g/mol. The largest absolute Gasteiger partial charge is 0.492 e. The van der Waals surface area contributed by atoms with Gasteiger partial charge >= 0.3 is 5.97 Å². The van der Waals surface area contributed by atoms with Crippen LogP contribution in [-0.4, -0.2) is 23.7 Å². The SMILES string of the molecule is CCC(N)Cc1cc(C)ccc1OCC(C)(C)C(=O)O. The summed E-state index contributed by atoms with van der Waals surface area (Å²) in [6.45, 7) is 7.52. The molecule has 1 atom stereocenters. The van der Waals surface area contributed by atoms with Crippen LogP contribution in [0.4, 0.5) is 0 Å². The van der Waals surface area contributed by atoms with E-state index >= 15 is 0 Å². The van der Waals surface area contributed by atoms with E-state index in [1.807, 2.05) is 19.1 Å². The Morgan fingerprint density at radius 1 is 1.45 bits per heavy atom. The van der Waals surface area contributed by atoms with Gasteiger partial charge in [-0.25, -0.2) is 0 Å². The second kappa shape index (κ2) is 6.75. The molecule has 0 saturated heterocycles. The topological polar surface area (TPSA) is 72.5 Å². The van der Waals surface area contributed by atoms with Crippen molar-refractivity contribution in [3.8, 4) is 5.75 Å². The molecule has 4 heteroatoms. The molecule has 0 aliphatic rings. The Kier molecular flexibility index (Phi) is 5.57. The van der Waals surface area contributed by atoms with Crippen LogP contribution in [0.2, 0.25) is 0 Å². The Balaban J connectivity index is 2.86. The van der Waals surface area contributed by atoms with Gasteiger partial charge in [-0.2, -0.15) is 0 Å². The van der Waals surface area contributed by atoms with Gasteiger partial charge in [0.2, 0.25) is 0 Å². The van der Waals surface area contributed by atoms with Gasteiger partial charge in [-0.15, -0.1) is 0 Å². The first-order valence-corrected chi connectivity index (χ1v) is 6.97. The van der Waals surface area contributed by atoms with Crippen LogP contribution in [-0.2, 0) is 11.2 Å². The van der Waals surface area contributed by atoms with Crippen LogP contribution in [0.15, 0.2) is 18.2 Å². The summed E-state index contributed by atoms with van der Waals surface area (Å²) in [6, 6.07) is 6.00. The summed E-state index contributed by atoms with van der Waals surface area (Å²) in [5, 5.41) is 9.12. The van der Waals surface area contributed by atoms with E-state index in [1.165, 1.54) is 0 Å². The Morgan fingerprint density at radius 3 is 2.65 bits per heavy atom. The molecule has 0 heterocycles. The number of ether oxygens (including phenoxy) is 1. The van der Waals surface area contributed by atoms with Crippen molar-refractivity contribution in [2.45, 2.75) is 46.6 Å². The summed E-state index contributed by atoms with van der Waals surface area (Å²) >= 11 is 0. The third kappa shape index (κ3) is 4.53. The first-order chi connectivity index (χ1) is 9.26. The highest BCUT2D eigenvalue weighted by molar-refractivity contribution is 5.73. The van der Waals surface area contributed by atoms with Gasteiger partial charge < -0.3 is 15.6 Å². The number of carboxylic acids is 1. The van der Waals surface area contributed by atoms with E-state index in [4.69, 9.17) is 15.6 Å². The minimum atomic E-state index is -0.908. The summed E-state index contributed by atoms with van der Waals surface area (Å²) in [5.41, 5.74) is 7.29. The lowest BCUT2D eigenvalue weighted by Crippen LogP contribution is -2.31. The van der Waals surface area contributed by atoms with Gasteiger partial charge in [0.15, 0.2) is 0 Å². The molecule has 0 spiro atoms. The van der Waals surface area contributed by atoms with Crippen LogP contribution in [0.5, 0.6) is 5.75 Å². The molecule has 0 saturated carbocycles. The summed E-state index contributed by atoms with van der Waals surface area (Å²) in [4.78, 5) is 11.1. The number of carboxylic acid groups (broad SMARTS) is 1. The molecule has 1 aromatic carbocycles. The second-order valence-electron chi connectivity index (χ2n) is 5.96. The Bertz CT molecular complexity index is 469. The number of aliphatic carboxylic acids is 1. The average molecular weight is 279 g/mol. The molecule has 112 valence electrons. The maximum atomic E-state index is 11.1. The van der Waals surface area contributed by atoms with Crippen LogP contribution in [0.25, 0.3) is 0 Å². The highest BCUT2D eigenvalue weighted by Gasteiger charge is 2.28. The smallest absolute Gasteiger partial charge is 0.312 e. The lowest BCUT2D eigenvalue weighted by Gasteiger charge is -2.21. The van der Waals surface area contributed by atoms with E-state index in [0.717, 1.165) is 29.7 Å². The molecule has 0 aromatic heterocycles. The zero-order chi connectivity index (χ0) is 15.3. The summed E-state index contributed by atoms with van der Waals surface area (Å²) in [7, 11) is 0. The molecular formula is C16H25NO3. The van der Waals surface area contributed by atoms with Crippen molar-refractivity contribution in [1.29, 1.82) is 0 Å². The normalized spacial score (nSPS) is 13.1. The molecule has 1 aromatic rings. The third-order valence-electron chi connectivity index (χ3n) is 3.39. The van der Waals surface area contributed by atoms with Crippen molar-refractivity contribution in [1.82, 2.24) is 0 Å². The van der Waals surface area contributed by atoms with Crippen molar-refractivity contribution in [2.75, 3.05) is 6.61 Å². The summed E-state index contributed by atoms with van der Waals surface area (Å²) in [6.07, 6.45) is 1.63. The lowest BCUT2D eigenvalue weighted by atomic mass is 9.95. The van der Waals surface area contributed by atoms with Gasteiger partial charge in [0.1, 0.15) is 12.4 Å². The number of benzene rings is 1. The maximum Gasteiger partial charge on any atom is 0.312 e. The molecule has 4 nitrogen and oxygen atoms in total. The minimum Gasteiger partial charge on any atom is -0.492 e. The first kappa shape index (κ1) is 16.5. The number of hydrogen-bond donors (Lipinski definition) is 2. The molecule has 0 bridgehead atoms. The van der Waals surface area contributed by atoms with Crippen molar-refractivity contribution in [3.63, 3.8) is 0 Å². The first-order valence-electron chi connectivity index (χ1n) is 6.97. The lowest BCUT2D eigenvalue weighted by molar-refractivity contribution is -0.148. The number of carbonyl (C=O) groups is 1. The molecule has 20 heavy (non-hydrogen) atoms. The number of rotatable bonds is 7. The van der Waals surface area contributed by atoms with Gasteiger partial charge in [0, 0.05) is 6.04 Å². The highest BCUT2D eigenvalue weighted by Crippen LogP contribution is 2.25. The van der Waals surface area contributed by atoms with E-state index in [0.29, 0.717) is 0 Å². The van der Waals surface area contributed by atoms with Crippen LogP contribution < -0.4 is 10.5 Å². The Morgan fingerprint density at radius 2 is 2.10 bits per heavy atom. The van der Waals surface area contributed by atoms with Gasteiger partial charge in [0.05, 0.1) is 5.41 Å². The van der Waals surface area contributed by atoms with Crippen molar-refractivity contribution in [2.24, 2.45) is 11.1 Å². The van der Waals surface area contributed by atoms with E-state index in [9.17, 15) is 4.79 Å². The monoisotopic (exact) mass is 279 g/mol. The fourth-order valence-electron chi connectivity index (χ4n) is 1.76. The molecule has 1 unspecified atom stereocenters. The number of hydrogen-bond acceptors (Lipinski definition) is 3. The van der Waals surface area contributed by atoms with E-state index in [2.05, 4.69) is 13.0 Å². The van der Waals surface area contributed by atoms with E-state index < -0.39 is 11.4 Å². The predicted molar refractivity (Wildman–Crippen MR) is 80.1 cm³/mol. The zero-order valence-electron chi connectivity index (χ0n) is 12.8. The molecule has 1 rings (SSSR count). The Labute approximate surface area is 120 Å². The van der Waals surface area contributed by atoms with E-state index in [-0.39, 0.29) is 12.6 Å². The van der Waals surface area contributed by atoms with Crippen molar-refractivity contribution >= 4 is 5.97 Å². The molecule has 0 amide bonds. The van der Waals surface area contributed by atoms with Crippen LogP contribution in [0, 0.1) is 12.3 Å². The maximum absolute atomic E-state index is 11.1. The van der Waals surface area contributed by atoms with Gasteiger partial charge in [-0.1, -0.05) is 24.6 Å². The molecule has 0 aliphatic heterocycles. The quantitative estimate of drug-likeness (QED) is 0.805. The van der Waals surface area contributed by atoms with Crippen LogP contribution >= 0.6 is 0 Å². The highest BCUT2D eigenvalue weighted by atomic mass is 16.5. The average Bonchev–Trinajstić information content (AvgIpc) is 2.37. The van der Waals surface area contributed by atoms with Crippen molar-refractivity contribution in [3.05, 3.63) is 29.3 Å². The van der Waals surface area contributed by atoms with Crippen molar-refractivity contribution < 1.29 is 14.6 Å². The number of nitrogens with two attached hydrogens (primary N) is 1. The third-order valence-corrected chi connectivity index (χ3v) is 3.39. The van der Waals surface area contributed by atoms with Crippen LogP contribution in [0.3, 0.4) is 0 Å². The van der Waals surface area contributed by atoms with Crippen LogP contribution in [0.1, 0.15) is 38.3 Å². The molecule has 0 aliphatic carbocycles. The minimum absolute atomic E-state index is 0.0895. The summed E-state index contributed by atoms with van der Waals surface area (Å²) in [5.74, 6) is -0.134. The number of aryl methyl sites for hydroxylation is 1. The molecule has 0 fully saturated rings. The molecule has 3 N–H and O–H groups in total. The Hall–Kier alpha value is -1.55. The molecule has 0 radical (unpaired) electrons. The fourth-order valence-corrected chi connectivity index (χ4v) is 1.76. The van der Waals surface area contributed by atoms with Gasteiger partial charge in [0.25, 0.3) is 0 Å². The van der Waals surface area contributed by atoms with E-state index in [1.54, 1.807) is 13.8 Å². The standard InChI is InChI=1S/C16H25NO3/c1-5-13(17)9-12-8-11(2)6-7-14(12)20-10-16(3,4)15(18)19/h6-8,13H,5,9-10,17H2,1-4H3,(H,18,19). The van der Waals surface area contributed by atoms with Gasteiger partial charge in [-0.3, -0.25) is 4.79 Å². The zero-order valence-corrected chi connectivity index (χ0v) is 12.8.